The summed E-state index contributed by atoms with van der Waals surface area (Å²) in [6.07, 6.45) is 0. The second-order valence-electron chi connectivity index (χ2n) is 15.7. The molecule has 0 N–H and O–H groups in total. The highest BCUT2D eigenvalue weighted by Gasteiger charge is 2.17. The molecule has 0 atom stereocenters. The van der Waals surface area contributed by atoms with Gasteiger partial charge in [0.2, 0.25) is 0 Å². The molecule has 0 spiro atoms. The molecule has 0 aliphatic heterocycles. The Labute approximate surface area is 365 Å². The lowest BCUT2D eigenvalue weighted by Gasteiger charge is -2.12. The molecule has 0 saturated heterocycles. The zero-order valence-electron chi connectivity index (χ0n) is 34.5. The van der Waals surface area contributed by atoms with E-state index < -0.39 is 0 Å². The summed E-state index contributed by atoms with van der Waals surface area (Å²) in [5.41, 5.74) is 14.5. The first-order chi connectivity index (χ1) is 31.2. The minimum Gasteiger partial charge on any atom is -0.309 e. The second kappa shape index (κ2) is 16.2. The van der Waals surface area contributed by atoms with Crippen molar-refractivity contribution in [3.05, 3.63) is 241 Å². The zero-order valence-corrected chi connectivity index (χ0v) is 34.5. The third-order valence-corrected chi connectivity index (χ3v) is 11.9. The van der Waals surface area contributed by atoms with E-state index >= 15 is 0 Å². The molecule has 0 aliphatic carbocycles. The maximum absolute atomic E-state index is 4.96. The molecule has 5 nitrogen and oxygen atoms in total. The van der Waals surface area contributed by atoms with Crippen molar-refractivity contribution in [2.24, 2.45) is 15.0 Å². The van der Waals surface area contributed by atoms with Gasteiger partial charge in [-0.2, -0.15) is 0 Å². The Morgan fingerprint density at radius 3 is 1.62 bits per heavy atom. The smallest absolute Gasteiger partial charge is 0.161 e. The molecule has 2 aromatic heterocycles. The molecule has 2 heterocycles. The highest BCUT2D eigenvalue weighted by Crippen LogP contribution is 2.38. The third kappa shape index (κ3) is 7.02. The minimum absolute atomic E-state index is 0.514. The topological polar surface area (TPSA) is 46.9 Å². The van der Waals surface area contributed by atoms with Crippen LogP contribution in [0.25, 0.3) is 77.2 Å². The summed E-state index contributed by atoms with van der Waals surface area (Å²) in [7, 11) is 0. The van der Waals surface area contributed by atoms with Crippen LogP contribution in [0.2, 0.25) is 0 Å². The first kappa shape index (κ1) is 37.6. The Hall–Kier alpha value is -8.41. The minimum atomic E-state index is 0.514. The van der Waals surface area contributed by atoms with Gasteiger partial charge >= 0.3 is 0 Å². The summed E-state index contributed by atoms with van der Waals surface area (Å²) in [5, 5.41) is 4.90. The Bertz CT molecular complexity index is 3520. The molecule has 0 unspecified atom stereocenters. The van der Waals surface area contributed by atoms with Gasteiger partial charge < -0.3 is 9.13 Å². The standard InChI is InChI=1S/C58H41N5/c1-59-57(61-58(42-18-7-3-8-19-42)60-39-40-16-5-2-6-17-40)43-30-28-41(29-31-43)45-33-35-55-52(37-45)50-25-12-14-27-54(50)63(55)48-23-15-20-44(36-48)46-32-34-51-49-24-11-13-26-53(49)62(56(51)38-46)47-21-9-4-10-22-47/h2-38H,1,39H2. The van der Waals surface area contributed by atoms with Gasteiger partial charge in [-0.15, -0.1) is 0 Å². The molecule has 0 amide bonds. The largest absolute Gasteiger partial charge is 0.309 e. The van der Waals surface area contributed by atoms with Crippen LogP contribution in [-0.2, 0) is 6.54 Å². The van der Waals surface area contributed by atoms with Crippen LogP contribution in [0.15, 0.2) is 239 Å². The summed E-state index contributed by atoms with van der Waals surface area (Å²) in [5.74, 6) is 1.14. The summed E-state index contributed by atoms with van der Waals surface area (Å²) in [6, 6.07) is 79.2. The van der Waals surface area contributed by atoms with Crippen molar-refractivity contribution >= 4 is 62.0 Å². The number of fused-ring (bicyclic) bond motifs is 6. The highest BCUT2D eigenvalue weighted by molar-refractivity contribution is 6.14. The first-order valence-corrected chi connectivity index (χ1v) is 21.2. The predicted octanol–water partition coefficient (Wildman–Crippen LogP) is 14.3. The number of aliphatic imine (C=N–C) groups is 3. The second-order valence-corrected chi connectivity index (χ2v) is 15.7. The molecule has 11 rings (SSSR count). The zero-order chi connectivity index (χ0) is 42.1. The molecule has 0 saturated carbocycles. The molecular weight excluding hydrogens is 767 g/mol. The van der Waals surface area contributed by atoms with Crippen molar-refractivity contribution in [1.82, 2.24) is 9.13 Å². The first-order valence-electron chi connectivity index (χ1n) is 21.2. The van der Waals surface area contributed by atoms with Crippen LogP contribution in [0.4, 0.5) is 0 Å². The van der Waals surface area contributed by atoms with Gasteiger partial charge in [-0.25, -0.2) is 9.98 Å². The van der Waals surface area contributed by atoms with Crippen molar-refractivity contribution in [2.45, 2.75) is 6.54 Å². The van der Waals surface area contributed by atoms with E-state index in [1.807, 2.05) is 48.5 Å². The highest BCUT2D eigenvalue weighted by atomic mass is 15.0. The fraction of sp³-hybridized carbons (Fsp3) is 0.0172. The summed E-state index contributed by atoms with van der Waals surface area (Å²) >= 11 is 0. The van der Waals surface area contributed by atoms with Crippen LogP contribution in [0.1, 0.15) is 16.7 Å². The normalized spacial score (nSPS) is 12.1. The van der Waals surface area contributed by atoms with Gasteiger partial charge in [-0.3, -0.25) is 4.99 Å². The van der Waals surface area contributed by atoms with E-state index in [0.29, 0.717) is 18.2 Å². The number of aromatic nitrogens is 2. The van der Waals surface area contributed by atoms with Crippen LogP contribution in [0.5, 0.6) is 0 Å². The molecule has 0 bridgehead atoms. The summed E-state index contributed by atoms with van der Waals surface area (Å²) in [6.45, 7) is 4.41. The number of hydrogen-bond donors (Lipinski definition) is 0. The monoisotopic (exact) mass is 807 g/mol. The van der Waals surface area contributed by atoms with Gasteiger partial charge in [0.15, 0.2) is 11.7 Å². The molecule has 5 heteroatoms. The Kier molecular flexibility index (Phi) is 9.68. The van der Waals surface area contributed by atoms with E-state index in [1.54, 1.807) is 0 Å². The number of benzene rings is 9. The fourth-order valence-corrected chi connectivity index (χ4v) is 8.89. The van der Waals surface area contributed by atoms with E-state index in [-0.39, 0.29) is 0 Å². The maximum Gasteiger partial charge on any atom is 0.161 e. The lowest BCUT2D eigenvalue weighted by Crippen LogP contribution is -2.05. The molecule has 63 heavy (non-hydrogen) atoms. The predicted molar refractivity (Wildman–Crippen MR) is 265 cm³/mol. The van der Waals surface area contributed by atoms with Crippen LogP contribution in [0, 0.1) is 0 Å². The van der Waals surface area contributed by atoms with Gasteiger partial charge in [0, 0.05) is 44.0 Å². The van der Waals surface area contributed by atoms with Crippen LogP contribution >= 0.6 is 0 Å². The third-order valence-electron chi connectivity index (χ3n) is 11.9. The lowest BCUT2D eigenvalue weighted by molar-refractivity contribution is 1.06. The van der Waals surface area contributed by atoms with Crippen molar-refractivity contribution < 1.29 is 0 Å². The number of rotatable bonds is 8. The van der Waals surface area contributed by atoms with E-state index in [2.05, 4.69) is 197 Å². The van der Waals surface area contributed by atoms with E-state index in [4.69, 9.17) is 9.98 Å². The molecule has 11 aromatic rings. The Morgan fingerprint density at radius 2 is 0.889 bits per heavy atom. The molecule has 9 aromatic carbocycles. The average molecular weight is 808 g/mol. The average Bonchev–Trinajstić information content (AvgIpc) is 3.87. The summed E-state index contributed by atoms with van der Waals surface area (Å²) in [4.78, 5) is 14.2. The van der Waals surface area contributed by atoms with Crippen LogP contribution in [-0.4, -0.2) is 27.5 Å². The Morgan fingerprint density at radius 1 is 0.365 bits per heavy atom. The van der Waals surface area contributed by atoms with E-state index in [0.717, 1.165) is 55.8 Å². The van der Waals surface area contributed by atoms with E-state index in [9.17, 15) is 0 Å². The molecule has 0 aliphatic rings. The number of para-hydroxylation sites is 3. The molecule has 0 fully saturated rings. The van der Waals surface area contributed by atoms with Gasteiger partial charge in [0.25, 0.3) is 0 Å². The van der Waals surface area contributed by atoms with Gasteiger partial charge in [0.1, 0.15) is 0 Å². The maximum atomic E-state index is 4.96. The van der Waals surface area contributed by atoms with Gasteiger partial charge in [-0.1, -0.05) is 170 Å². The molecule has 298 valence electrons. The SMILES string of the molecule is C=NC(=NC(=NCc1ccccc1)c1ccccc1)c1ccc(-c2ccc3c(c2)c2ccccc2n3-c2cccc(-c3ccc4c5ccccc5n(-c5ccccc5)c4c3)c2)cc1. The number of amidine groups is 2. The van der Waals surface area contributed by atoms with Gasteiger partial charge in [-0.05, 0) is 89.1 Å². The van der Waals surface area contributed by atoms with Crippen molar-refractivity contribution in [1.29, 1.82) is 0 Å². The lowest BCUT2D eigenvalue weighted by atomic mass is 10.0. The molecule has 0 radical (unpaired) electrons. The van der Waals surface area contributed by atoms with E-state index in [1.165, 1.54) is 38.1 Å². The van der Waals surface area contributed by atoms with Crippen molar-refractivity contribution in [3.8, 4) is 33.6 Å². The van der Waals surface area contributed by atoms with Crippen LogP contribution < -0.4 is 0 Å². The molecular formula is C58H41N5. The van der Waals surface area contributed by atoms with Crippen molar-refractivity contribution in [2.75, 3.05) is 0 Å². The number of hydrogen-bond acceptors (Lipinski definition) is 1. The fourth-order valence-electron chi connectivity index (χ4n) is 8.89. The van der Waals surface area contributed by atoms with Crippen LogP contribution in [0.3, 0.4) is 0 Å². The van der Waals surface area contributed by atoms with Crippen molar-refractivity contribution in [3.63, 3.8) is 0 Å². The summed E-state index contributed by atoms with van der Waals surface area (Å²) < 4.78 is 4.77. The number of nitrogens with zero attached hydrogens (tertiary/aromatic N) is 5. The quantitative estimate of drug-likeness (QED) is 0.108. The Balaban J connectivity index is 0.945. The van der Waals surface area contributed by atoms with Gasteiger partial charge in [0.05, 0.1) is 28.6 Å².